The van der Waals surface area contributed by atoms with Crippen LogP contribution in [0.4, 0.5) is 0 Å². The number of benzene rings is 1. The predicted molar refractivity (Wildman–Crippen MR) is 79.5 cm³/mol. The van der Waals surface area contributed by atoms with Gasteiger partial charge in [-0.05, 0) is 43.2 Å². The second-order valence-electron chi connectivity index (χ2n) is 4.42. The van der Waals surface area contributed by atoms with Gasteiger partial charge < -0.3 is 10.5 Å². The van der Waals surface area contributed by atoms with Gasteiger partial charge in [-0.2, -0.15) is 5.10 Å². The number of thiocarbonyl (C=S) groups is 1. The fourth-order valence-corrected chi connectivity index (χ4v) is 2.11. The molecule has 5 heteroatoms. The summed E-state index contributed by atoms with van der Waals surface area (Å²) in [6.07, 6.45) is 3.67. The van der Waals surface area contributed by atoms with Gasteiger partial charge in [0.1, 0.15) is 17.3 Å². The van der Waals surface area contributed by atoms with Crippen molar-refractivity contribution in [3.05, 3.63) is 47.3 Å². The average molecular weight is 275 g/mol. The minimum Gasteiger partial charge on any atom is -0.491 e. The van der Waals surface area contributed by atoms with E-state index in [1.165, 1.54) is 0 Å². The molecule has 0 spiro atoms. The molecule has 0 bridgehead atoms. The van der Waals surface area contributed by atoms with E-state index < -0.39 is 0 Å². The molecule has 0 radical (unpaired) electrons. The molecule has 1 aromatic heterocycles. The van der Waals surface area contributed by atoms with Crippen molar-refractivity contribution in [1.82, 2.24) is 9.78 Å². The van der Waals surface area contributed by atoms with E-state index in [9.17, 15) is 0 Å². The van der Waals surface area contributed by atoms with Crippen LogP contribution >= 0.6 is 12.2 Å². The molecule has 2 aromatic rings. The SMILES string of the molecule is Cc1cc(C(N)=S)cc(C)c1OCCn1cccn1. The van der Waals surface area contributed by atoms with Crippen LogP contribution < -0.4 is 10.5 Å². The molecule has 2 rings (SSSR count). The standard InChI is InChI=1S/C14H17N3OS/c1-10-8-12(14(15)19)9-11(2)13(10)18-7-6-17-5-3-4-16-17/h3-5,8-9H,6-7H2,1-2H3,(H2,15,19). The number of ether oxygens (including phenoxy) is 1. The third-order valence-corrected chi connectivity index (χ3v) is 3.11. The number of nitrogens with two attached hydrogens (primary N) is 1. The van der Waals surface area contributed by atoms with E-state index in [2.05, 4.69) is 5.10 Å². The molecule has 1 aromatic carbocycles. The molecule has 100 valence electrons. The number of hydrogen-bond acceptors (Lipinski definition) is 3. The van der Waals surface area contributed by atoms with Crippen molar-refractivity contribution in [2.75, 3.05) is 6.61 Å². The van der Waals surface area contributed by atoms with Crippen LogP contribution in [0.3, 0.4) is 0 Å². The first-order chi connectivity index (χ1) is 9.08. The maximum Gasteiger partial charge on any atom is 0.125 e. The summed E-state index contributed by atoms with van der Waals surface area (Å²) in [5, 5.41) is 4.13. The maximum absolute atomic E-state index is 5.83. The molecule has 0 atom stereocenters. The second-order valence-corrected chi connectivity index (χ2v) is 4.86. The molecule has 1 heterocycles. The van der Waals surface area contributed by atoms with Gasteiger partial charge in [-0.3, -0.25) is 4.68 Å². The Hall–Kier alpha value is -1.88. The summed E-state index contributed by atoms with van der Waals surface area (Å²) in [4.78, 5) is 0.411. The zero-order valence-electron chi connectivity index (χ0n) is 11.1. The van der Waals surface area contributed by atoms with Gasteiger partial charge in [0.25, 0.3) is 0 Å². The van der Waals surface area contributed by atoms with E-state index in [1.807, 2.05) is 42.9 Å². The van der Waals surface area contributed by atoms with Gasteiger partial charge in [0.05, 0.1) is 6.54 Å². The lowest BCUT2D eigenvalue weighted by molar-refractivity contribution is 0.288. The maximum atomic E-state index is 5.83. The van der Waals surface area contributed by atoms with Crippen molar-refractivity contribution in [1.29, 1.82) is 0 Å². The van der Waals surface area contributed by atoms with Crippen molar-refractivity contribution in [2.45, 2.75) is 20.4 Å². The Kier molecular flexibility index (Phi) is 4.16. The molecule has 0 saturated carbocycles. The largest absolute Gasteiger partial charge is 0.491 e. The van der Waals surface area contributed by atoms with E-state index in [-0.39, 0.29) is 0 Å². The molecule has 2 N–H and O–H groups in total. The third kappa shape index (κ3) is 3.32. The number of aromatic nitrogens is 2. The normalized spacial score (nSPS) is 10.4. The van der Waals surface area contributed by atoms with Crippen molar-refractivity contribution in [2.24, 2.45) is 5.73 Å². The Balaban J connectivity index is 2.06. The van der Waals surface area contributed by atoms with Crippen molar-refractivity contribution in [3.63, 3.8) is 0 Å². The molecule has 0 aliphatic rings. The average Bonchev–Trinajstić information content (AvgIpc) is 2.85. The number of hydrogen-bond donors (Lipinski definition) is 1. The summed E-state index contributed by atoms with van der Waals surface area (Å²) in [6, 6.07) is 5.81. The summed E-state index contributed by atoms with van der Waals surface area (Å²) in [6.45, 7) is 5.30. The van der Waals surface area contributed by atoms with Gasteiger partial charge in [0.2, 0.25) is 0 Å². The van der Waals surface area contributed by atoms with Gasteiger partial charge in [-0.15, -0.1) is 0 Å². The topological polar surface area (TPSA) is 53.1 Å². The molecule has 0 amide bonds. The zero-order valence-corrected chi connectivity index (χ0v) is 11.9. The van der Waals surface area contributed by atoms with Crippen LogP contribution in [-0.2, 0) is 6.54 Å². The van der Waals surface area contributed by atoms with Crippen LogP contribution in [0.5, 0.6) is 5.75 Å². The van der Waals surface area contributed by atoms with Crippen LogP contribution in [0.15, 0.2) is 30.6 Å². The highest BCUT2D eigenvalue weighted by molar-refractivity contribution is 7.80. The van der Waals surface area contributed by atoms with Crippen LogP contribution in [0, 0.1) is 13.8 Å². The van der Waals surface area contributed by atoms with Gasteiger partial charge in [-0.1, -0.05) is 12.2 Å². The van der Waals surface area contributed by atoms with Gasteiger partial charge in [0.15, 0.2) is 0 Å². The Bertz CT molecular complexity index is 555. The van der Waals surface area contributed by atoms with E-state index in [4.69, 9.17) is 22.7 Å². The lowest BCUT2D eigenvalue weighted by atomic mass is 10.1. The Labute approximate surface area is 118 Å². The van der Waals surface area contributed by atoms with Gasteiger partial charge in [0, 0.05) is 18.0 Å². The smallest absolute Gasteiger partial charge is 0.125 e. The minimum atomic E-state index is 0.411. The van der Waals surface area contributed by atoms with E-state index >= 15 is 0 Å². The first kappa shape index (κ1) is 13.5. The number of aryl methyl sites for hydroxylation is 2. The third-order valence-electron chi connectivity index (χ3n) is 2.87. The van der Waals surface area contributed by atoms with E-state index in [0.29, 0.717) is 11.6 Å². The van der Waals surface area contributed by atoms with E-state index in [1.54, 1.807) is 6.20 Å². The highest BCUT2D eigenvalue weighted by Gasteiger charge is 2.08. The molecule has 0 aliphatic heterocycles. The Morgan fingerprint density at radius 3 is 2.58 bits per heavy atom. The summed E-state index contributed by atoms with van der Waals surface area (Å²) < 4.78 is 7.67. The van der Waals surface area contributed by atoms with Crippen molar-refractivity contribution in [3.8, 4) is 5.75 Å². The molecule has 19 heavy (non-hydrogen) atoms. The molecule has 0 unspecified atom stereocenters. The van der Waals surface area contributed by atoms with Crippen molar-refractivity contribution >= 4 is 17.2 Å². The second kappa shape index (κ2) is 5.84. The molecule has 0 aliphatic carbocycles. The summed E-state index contributed by atoms with van der Waals surface area (Å²) in [5.74, 6) is 0.896. The monoisotopic (exact) mass is 275 g/mol. The molecular formula is C14H17N3OS. The first-order valence-corrected chi connectivity index (χ1v) is 6.50. The quantitative estimate of drug-likeness (QED) is 0.850. The number of rotatable bonds is 5. The fraction of sp³-hybridized carbons (Fsp3) is 0.286. The van der Waals surface area contributed by atoms with Gasteiger partial charge in [-0.25, -0.2) is 0 Å². The highest BCUT2D eigenvalue weighted by Crippen LogP contribution is 2.24. The molecule has 4 nitrogen and oxygen atoms in total. The van der Waals surface area contributed by atoms with Crippen LogP contribution in [0.25, 0.3) is 0 Å². The minimum absolute atomic E-state index is 0.411. The summed E-state index contributed by atoms with van der Waals surface area (Å²) >= 11 is 4.99. The zero-order chi connectivity index (χ0) is 13.8. The lowest BCUT2D eigenvalue weighted by Gasteiger charge is -2.13. The Morgan fingerprint density at radius 2 is 2.05 bits per heavy atom. The fourth-order valence-electron chi connectivity index (χ4n) is 1.99. The summed E-state index contributed by atoms with van der Waals surface area (Å²) in [5.41, 5.74) is 8.61. The predicted octanol–water partition coefficient (Wildman–Crippen LogP) is 2.21. The highest BCUT2D eigenvalue weighted by atomic mass is 32.1. The van der Waals surface area contributed by atoms with E-state index in [0.717, 1.165) is 29.0 Å². The van der Waals surface area contributed by atoms with Gasteiger partial charge >= 0.3 is 0 Å². The lowest BCUT2D eigenvalue weighted by Crippen LogP contribution is -2.12. The number of nitrogens with zero attached hydrogens (tertiary/aromatic N) is 2. The van der Waals surface area contributed by atoms with Crippen LogP contribution in [0.2, 0.25) is 0 Å². The molecule has 0 saturated heterocycles. The van der Waals surface area contributed by atoms with Crippen molar-refractivity contribution < 1.29 is 4.74 Å². The summed E-state index contributed by atoms with van der Waals surface area (Å²) in [7, 11) is 0. The first-order valence-electron chi connectivity index (χ1n) is 6.09. The molecule has 0 fully saturated rings. The van der Waals surface area contributed by atoms with Crippen LogP contribution in [-0.4, -0.2) is 21.4 Å². The van der Waals surface area contributed by atoms with Crippen LogP contribution in [0.1, 0.15) is 16.7 Å². The molecular weight excluding hydrogens is 258 g/mol. The Morgan fingerprint density at radius 1 is 1.37 bits per heavy atom.